The first kappa shape index (κ1) is 40.6. The van der Waals surface area contributed by atoms with Gasteiger partial charge in [-0.05, 0) is 130 Å². The van der Waals surface area contributed by atoms with Gasteiger partial charge < -0.3 is 14.2 Å². The smallest absolute Gasteiger partial charge is 0.381 e. The van der Waals surface area contributed by atoms with E-state index in [1.54, 1.807) is 47.8 Å². The highest BCUT2D eigenvalue weighted by Crippen LogP contribution is 2.56. The highest BCUT2D eigenvalue weighted by atomic mass is 19.1. The van der Waals surface area contributed by atoms with E-state index >= 15 is 13.6 Å². The van der Waals surface area contributed by atoms with Crippen molar-refractivity contribution in [3.05, 3.63) is 139 Å². The number of benzene rings is 3. The molecule has 12 rings (SSSR count). The lowest BCUT2D eigenvalue weighted by molar-refractivity contribution is 0.0663. The van der Waals surface area contributed by atoms with E-state index in [2.05, 4.69) is 40.4 Å². The molecule has 2 saturated carbocycles. The predicted octanol–water partition coefficient (Wildman–Crippen LogP) is 7.85. The number of nitrogens with one attached hydrogen (secondary N) is 1. The molecule has 15 nitrogen and oxygen atoms in total. The number of carbonyl (C=O) groups is 1. The van der Waals surface area contributed by atoms with Crippen molar-refractivity contribution in [2.24, 2.45) is 5.92 Å². The molecule has 0 unspecified atom stereocenters. The summed E-state index contributed by atoms with van der Waals surface area (Å²) in [5.74, 6) is -0.780. The van der Waals surface area contributed by atoms with Gasteiger partial charge in [0.1, 0.15) is 22.9 Å². The standard InChI is InChI=1S/C49H48F2N10O5/c1-26-20-34(21-27(2)42(26)50)61-44(58-17-16-57(48(58)64)39-11-10-38-35(43(39)51)25-52-60(38)33-6-5-7-33)41-29(4)56(15-12-36(41)54-61)45(62)40-23-32-22-31(30-13-18-65-19-14-30)8-9-37(32)59(40)49(24-28(49)3)46-53-47(63)66-55-46/h8-11,16-17,20-23,25,28-30,33H,5-7,12-15,18-19,24H2,1-4H3,(H,53,55,63)/t28-,29-,49-/m0/s1. The van der Waals surface area contributed by atoms with E-state index in [9.17, 15) is 9.59 Å². The Kier molecular flexibility index (Phi) is 9.12. The Labute approximate surface area is 376 Å². The Hall–Kier alpha value is -6.88. The van der Waals surface area contributed by atoms with Crippen LogP contribution in [0, 0.1) is 31.4 Å². The summed E-state index contributed by atoms with van der Waals surface area (Å²) in [6.07, 6.45) is 10.5. The molecule has 17 heteroatoms. The van der Waals surface area contributed by atoms with Crippen LogP contribution < -0.4 is 11.4 Å². The van der Waals surface area contributed by atoms with E-state index in [0.29, 0.717) is 94.8 Å². The fourth-order valence-electron chi connectivity index (χ4n) is 11.1. The van der Waals surface area contributed by atoms with E-state index in [4.69, 9.17) is 14.4 Å². The molecule has 0 spiro atoms. The van der Waals surface area contributed by atoms with Gasteiger partial charge in [-0.25, -0.2) is 23.1 Å². The number of aromatic nitrogens is 9. The highest BCUT2D eigenvalue weighted by molar-refractivity contribution is 6.00. The number of halogens is 2. The number of H-pyrrole nitrogens is 1. The van der Waals surface area contributed by atoms with Crippen molar-refractivity contribution in [1.82, 2.24) is 48.3 Å². The van der Waals surface area contributed by atoms with E-state index in [1.807, 2.05) is 28.3 Å². The number of amides is 1. The van der Waals surface area contributed by atoms with Gasteiger partial charge in [0.2, 0.25) is 0 Å². The molecule has 66 heavy (non-hydrogen) atoms. The number of carbonyl (C=O) groups excluding carboxylic acids is 1. The summed E-state index contributed by atoms with van der Waals surface area (Å²) < 4.78 is 50.6. The van der Waals surface area contributed by atoms with Crippen LogP contribution in [0.4, 0.5) is 8.78 Å². The maximum absolute atomic E-state index is 16.5. The summed E-state index contributed by atoms with van der Waals surface area (Å²) in [6, 6.07) is 14.7. The minimum Gasteiger partial charge on any atom is -0.381 e. The lowest BCUT2D eigenvalue weighted by atomic mass is 9.91. The largest absolute Gasteiger partial charge is 0.438 e. The van der Waals surface area contributed by atoms with E-state index in [1.165, 1.54) is 27.1 Å². The summed E-state index contributed by atoms with van der Waals surface area (Å²) in [4.78, 5) is 47.3. The Morgan fingerprint density at radius 2 is 1.65 bits per heavy atom. The minimum absolute atomic E-state index is 0.00815. The minimum atomic E-state index is -0.845. The number of aromatic amines is 1. The van der Waals surface area contributed by atoms with Crippen LogP contribution in [-0.2, 0) is 16.7 Å². The van der Waals surface area contributed by atoms with E-state index in [0.717, 1.165) is 43.0 Å². The molecule has 2 aliphatic heterocycles. The van der Waals surface area contributed by atoms with Crippen LogP contribution in [0.2, 0.25) is 0 Å². The molecule has 0 radical (unpaired) electrons. The summed E-state index contributed by atoms with van der Waals surface area (Å²) in [5.41, 5.74) is 4.42. The number of ether oxygens (including phenoxy) is 1. The number of imidazole rings is 1. The van der Waals surface area contributed by atoms with Crippen molar-refractivity contribution < 1.29 is 22.8 Å². The summed E-state index contributed by atoms with van der Waals surface area (Å²) in [7, 11) is 0. The van der Waals surface area contributed by atoms with E-state index < -0.39 is 28.8 Å². The second-order valence-electron chi connectivity index (χ2n) is 18.8. The highest BCUT2D eigenvalue weighted by Gasteiger charge is 2.59. The Bertz CT molecular complexity index is 3390. The van der Waals surface area contributed by atoms with Gasteiger partial charge in [0, 0.05) is 55.0 Å². The van der Waals surface area contributed by atoms with Gasteiger partial charge in [-0.2, -0.15) is 10.2 Å². The number of aryl methyl sites for hydroxylation is 2. The SMILES string of the molecule is Cc1cc(-n2nc3c(c2-n2ccn(-c4ccc5c(cnn5C5CCC5)c4F)c2=O)[C@H](C)N(C(=O)c2cc4cc(C5CCOCC5)ccc4n2[C@@]2(c4noc(=O)[nH]4)C[C@@H]2C)CC3)cc(C)c1F. The maximum atomic E-state index is 16.5. The van der Waals surface area contributed by atoms with Crippen LogP contribution in [0.1, 0.15) is 115 Å². The average molecular weight is 895 g/mol. The average Bonchev–Trinajstić information content (AvgIpc) is 3.94. The topological polar surface area (TPSA) is 156 Å². The van der Waals surface area contributed by atoms with Gasteiger partial charge in [-0.3, -0.25) is 28.1 Å². The van der Waals surface area contributed by atoms with Crippen LogP contribution in [0.25, 0.3) is 39.0 Å². The van der Waals surface area contributed by atoms with Crippen molar-refractivity contribution >= 4 is 27.7 Å². The van der Waals surface area contributed by atoms with Crippen LogP contribution in [0.5, 0.6) is 0 Å². The van der Waals surface area contributed by atoms with Gasteiger partial charge >= 0.3 is 11.4 Å². The van der Waals surface area contributed by atoms with Crippen LogP contribution >= 0.6 is 0 Å². The number of fused-ring (bicyclic) bond motifs is 3. The summed E-state index contributed by atoms with van der Waals surface area (Å²) in [6.45, 7) is 9.03. The van der Waals surface area contributed by atoms with Gasteiger partial charge in [0.05, 0.1) is 46.3 Å². The molecular formula is C49H48F2N10O5. The number of nitrogens with zero attached hydrogens (tertiary/aromatic N) is 9. The molecule has 7 heterocycles. The normalized spacial score (nSPS) is 21.2. The lowest BCUT2D eigenvalue weighted by Gasteiger charge is -2.34. The molecular weight excluding hydrogens is 847 g/mol. The maximum Gasteiger partial charge on any atom is 0.438 e. The molecule has 2 aliphatic carbocycles. The fourth-order valence-corrected chi connectivity index (χ4v) is 11.1. The molecule has 1 saturated heterocycles. The first-order chi connectivity index (χ1) is 31.9. The molecule has 338 valence electrons. The first-order valence-electron chi connectivity index (χ1n) is 22.9. The predicted molar refractivity (Wildman–Crippen MR) is 240 cm³/mol. The van der Waals surface area contributed by atoms with Gasteiger partial charge in [-0.1, -0.05) is 18.1 Å². The van der Waals surface area contributed by atoms with Gasteiger partial charge in [0.15, 0.2) is 11.6 Å². The van der Waals surface area contributed by atoms with Crippen molar-refractivity contribution in [2.45, 2.75) is 96.2 Å². The number of hydrogen-bond donors (Lipinski definition) is 1. The zero-order chi connectivity index (χ0) is 45.3. The molecule has 8 aromatic rings. The molecule has 1 amide bonds. The van der Waals surface area contributed by atoms with Crippen molar-refractivity contribution in [1.29, 1.82) is 0 Å². The summed E-state index contributed by atoms with van der Waals surface area (Å²) in [5, 5.41) is 15.0. The van der Waals surface area contributed by atoms with Crippen LogP contribution in [-0.4, -0.2) is 74.0 Å². The second-order valence-corrected chi connectivity index (χ2v) is 18.8. The third-order valence-corrected chi connectivity index (χ3v) is 15.0. The van der Waals surface area contributed by atoms with Crippen LogP contribution in [0.15, 0.2) is 81.2 Å². The van der Waals surface area contributed by atoms with Gasteiger partial charge in [0.25, 0.3) is 5.91 Å². The second kappa shape index (κ2) is 14.8. The third kappa shape index (κ3) is 5.93. The van der Waals surface area contributed by atoms with Gasteiger partial charge in [-0.15, -0.1) is 0 Å². The van der Waals surface area contributed by atoms with Crippen molar-refractivity contribution in [3.63, 3.8) is 0 Å². The molecule has 3 fully saturated rings. The molecule has 3 aromatic carbocycles. The molecule has 5 aromatic heterocycles. The third-order valence-electron chi connectivity index (χ3n) is 15.0. The zero-order valence-electron chi connectivity index (χ0n) is 37.1. The molecule has 0 bridgehead atoms. The Morgan fingerprint density at radius 1 is 0.909 bits per heavy atom. The van der Waals surface area contributed by atoms with Crippen molar-refractivity contribution in [2.75, 3.05) is 19.8 Å². The molecule has 3 atom stereocenters. The first-order valence-corrected chi connectivity index (χ1v) is 22.9. The van der Waals surface area contributed by atoms with E-state index in [-0.39, 0.29) is 29.4 Å². The Balaban J connectivity index is 0.993. The zero-order valence-corrected chi connectivity index (χ0v) is 37.1. The monoisotopic (exact) mass is 894 g/mol. The van der Waals surface area contributed by atoms with Crippen molar-refractivity contribution in [3.8, 4) is 17.2 Å². The van der Waals surface area contributed by atoms with Crippen LogP contribution in [0.3, 0.4) is 0 Å². The molecule has 4 aliphatic rings. The quantitative estimate of drug-likeness (QED) is 0.162. The molecule has 1 N–H and O–H groups in total. The Morgan fingerprint density at radius 3 is 2.35 bits per heavy atom. The fraction of sp³-hybridized carbons (Fsp3) is 0.388. The number of hydrogen-bond acceptors (Lipinski definition) is 8. The number of rotatable bonds is 8. The summed E-state index contributed by atoms with van der Waals surface area (Å²) >= 11 is 0. The lowest BCUT2D eigenvalue weighted by Crippen LogP contribution is -2.41.